The summed E-state index contributed by atoms with van der Waals surface area (Å²) in [5.74, 6) is 0.792. The first-order chi connectivity index (χ1) is 10.1. The molecule has 0 atom stereocenters. The van der Waals surface area contributed by atoms with Crippen molar-refractivity contribution in [3.05, 3.63) is 22.6 Å². The number of hydrogen-bond acceptors (Lipinski definition) is 4. The van der Waals surface area contributed by atoms with Crippen LogP contribution in [-0.4, -0.2) is 29.4 Å². The lowest BCUT2D eigenvalue weighted by atomic mass is 9.99. The van der Waals surface area contributed by atoms with Gasteiger partial charge in [-0.05, 0) is 50.0 Å². The Balaban J connectivity index is 1.70. The normalized spacial score (nSPS) is 21.5. The van der Waals surface area contributed by atoms with Crippen LogP contribution >= 0.6 is 0 Å². The zero-order chi connectivity index (χ0) is 14.9. The van der Waals surface area contributed by atoms with Gasteiger partial charge in [0, 0.05) is 19.2 Å². The molecule has 1 saturated carbocycles. The fraction of sp³-hybridized carbons (Fsp3) is 0.750. The van der Waals surface area contributed by atoms with Crippen molar-refractivity contribution >= 4 is 5.69 Å². The maximum Gasteiger partial charge on any atom is 0.268 e. The van der Waals surface area contributed by atoms with E-state index in [1.165, 1.54) is 25.7 Å². The third-order valence-corrected chi connectivity index (χ3v) is 5.12. The van der Waals surface area contributed by atoms with E-state index in [-0.39, 0.29) is 11.0 Å². The number of hydrogen-bond donors (Lipinski definition) is 1. The molecule has 116 valence electrons. The van der Waals surface area contributed by atoms with Gasteiger partial charge in [-0.2, -0.15) is 5.10 Å². The molecule has 2 fully saturated rings. The van der Waals surface area contributed by atoms with Crippen molar-refractivity contribution < 1.29 is 0 Å². The van der Waals surface area contributed by atoms with Crippen LogP contribution in [0.25, 0.3) is 0 Å². The molecule has 21 heavy (non-hydrogen) atoms. The third kappa shape index (κ3) is 3.28. The molecule has 1 aliphatic carbocycles. The van der Waals surface area contributed by atoms with Gasteiger partial charge >= 0.3 is 0 Å². The maximum absolute atomic E-state index is 12.3. The van der Waals surface area contributed by atoms with Crippen LogP contribution in [-0.2, 0) is 6.54 Å². The highest BCUT2D eigenvalue weighted by Crippen LogP contribution is 2.49. The van der Waals surface area contributed by atoms with Crippen molar-refractivity contribution in [2.45, 2.75) is 45.6 Å². The van der Waals surface area contributed by atoms with Crippen molar-refractivity contribution in [2.75, 3.05) is 24.5 Å². The van der Waals surface area contributed by atoms with Gasteiger partial charge in [0.2, 0.25) is 0 Å². The summed E-state index contributed by atoms with van der Waals surface area (Å²) in [6, 6.07) is 1.75. The number of aromatic nitrogens is 2. The summed E-state index contributed by atoms with van der Waals surface area (Å²) in [5.41, 5.74) is 6.91. The van der Waals surface area contributed by atoms with Crippen LogP contribution in [0.2, 0.25) is 0 Å². The number of anilines is 1. The first-order valence-electron chi connectivity index (χ1n) is 8.14. The van der Waals surface area contributed by atoms with Gasteiger partial charge in [-0.15, -0.1) is 0 Å². The summed E-state index contributed by atoms with van der Waals surface area (Å²) in [5, 5.41) is 4.40. The zero-order valence-corrected chi connectivity index (χ0v) is 12.9. The van der Waals surface area contributed by atoms with Gasteiger partial charge in [0.25, 0.3) is 5.56 Å². The summed E-state index contributed by atoms with van der Waals surface area (Å²) >= 11 is 0. The summed E-state index contributed by atoms with van der Waals surface area (Å²) in [7, 11) is 0. The summed E-state index contributed by atoms with van der Waals surface area (Å²) in [4.78, 5) is 14.6. The highest BCUT2D eigenvalue weighted by Gasteiger charge is 2.42. The second-order valence-electron chi connectivity index (χ2n) is 6.92. The van der Waals surface area contributed by atoms with Crippen molar-refractivity contribution in [3.63, 3.8) is 0 Å². The van der Waals surface area contributed by atoms with E-state index >= 15 is 0 Å². The van der Waals surface area contributed by atoms with Crippen molar-refractivity contribution in [1.29, 1.82) is 0 Å². The molecule has 3 rings (SSSR count). The topological polar surface area (TPSA) is 64.2 Å². The Bertz CT molecular complexity index is 541. The molecule has 0 bridgehead atoms. The Morgan fingerprint density at radius 3 is 2.67 bits per heavy atom. The predicted molar refractivity (Wildman–Crippen MR) is 84.4 cm³/mol. The lowest BCUT2D eigenvalue weighted by molar-refractivity contribution is 0.365. The van der Waals surface area contributed by atoms with Crippen molar-refractivity contribution in [1.82, 2.24) is 9.78 Å². The number of nitrogens with zero attached hydrogens (tertiary/aromatic N) is 3. The monoisotopic (exact) mass is 290 g/mol. The molecule has 0 amide bonds. The molecule has 2 aliphatic rings. The molecular formula is C16H26N4O. The van der Waals surface area contributed by atoms with E-state index in [2.05, 4.69) is 16.9 Å². The molecule has 2 heterocycles. The van der Waals surface area contributed by atoms with Crippen LogP contribution in [0, 0.1) is 11.3 Å². The molecule has 1 aromatic rings. The van der Waals surface area contributed by atoms with Gasteiger partial charge in [0.15, 0.2) is 0 Å². The van der Waals surface area contributed by atoms with E-state index in [0.717, 1.165) is 37.7 Å². The second kappa shape index (κ2) is 5.79. The average Bonchev–Trinajstić information content (AvgIpc) is 3.22. The zero-order valence-electron chi connectivity index (χ0n) is 12.9. The van der Waals surface area contributed by atoms with E-state index in [4.69, 9.17) is 5.73 Å². The van der Waals surface area contributed by atoms with Gasteiger partial charge in [0.1, 0.15) is 0 Å². The Morgan fingerprint density at radius 2 is 2.10 bits per heavy atom. The van der Waals surface area contributed by atoms with E-state index in [9.17, 15) is 4.79 Å². The van der Waals surface area contributed by atoms with Crippen LogP contribution in [0.4, 0.5) is 5.69 Å². The highest BCUT2D eigenvalue weighted by molar-refractivity contribution is 5.43. The minimum atomic E-state index is 0.0226. The Kier molecular flexibility index (Phi) is 4.02. The molecule has 1 aromatic heterocycles. The maximum atomic E-state index is 12.3. The molecule has 1 aliphatic heterocycles. The Hall–Kier alpha value is -1.36. The van der Waals surface area contributed by atoms with E-state index in [0.29, 0.717) is 6.54 Å². The van der Waals surface area contributed by atoms with Gasteiger partial charge in [-0.25, -0.2) is 4.68 Å². The molecule has 0 aromatic carbocycles. The summed E-state index contributed by atoms with van der Waals surface area (Å²) < 4.78 is 1.62. The standard InChI is InChI=1S/C16H26N4O/c1-13-2-8-19(9-3-13)14-10-15(21)20(18-11-14)12-16(4-5-16)6-7-17/h10-11,13H,2-9,12,17H2,1H3. The molecule has 0 unspecified atom stereocenters. The third-order valence-electron chi connectivity index (χ3n) is 5.12. The average molecular weight is 290 g/mol. The quantitative estimate of drug-likeness (QED) is 0.895. The molecule has 1 saturated heterocycles. The van der Waals surface area contributed by atoms with Crippen LogP contribution in [0.15, 0.2) is 17.1 Å². The fourth-order valence-corrected chi connectivity index (χ4v) is 3.27. The van der Waals surface area contributed by atoms with Crippen molar-refractivity contribution in [3.8, 4) is 0 Å². The number of nitrogens with two attached hydrogens (primary N) is 1. The Labute approximate surface area is 126 Å². The SMILES string of the molecule is CC1CCN(c2cnn(CC3(CCN)CC3)c(=O)c2)CC1. The van der Waals surface area contributed by atoms with Crippen LogP contribution < -0.4 is 16.2 Å². The van der Waals surface area contributed by atoms with Crippen molar-refractivity contribution in [2.24, 2.45) is 17.1 Å². The smallest absolute Gasteiger partial charge is 0.268 e. The van der Waals surface area contributed by atoms with E-state index < -0.39 is 0 Å². The molecule has 0 spiro atoms. The van der Waals surface area contributed by atoms with E-state index in [1.807, 2.05) is 6.20 Å². The first-order valence-corrected chi connectivity index (χ1v) is 8.14. The van der Waals surface area contributed by atoms with Crippen LogP contribution in [0.3, 0.4) is 0 Å². The highest BCUT2D eigenvalue weighted by atomic mass is 16.1. The summed E-state index contributed by atoms with van der Waals surface area (Å²) in [6.07, 6.45) is 7.59. The van der Waals surface area contributed by atoms with E-state index in [1.54, 1.807) is 10.7 Å². The molecular weight excluding hydrogens is 264 g/mol. The van der Waals surface area contributed by atoms with Gasteiger partial charge in [-0.3, -0.25) is 4.79 Å². The minimum Gasteiger partial charge on any atom is -0.370 e. The Morgan fingerprint density at radius 1 is 1.38 bits per heavy atom. The second-order valence-corrected chi connectivity index (χ2v) is 6.92. The van der Waals surface area contributed by atoms with Crippen LogP contribution in [0.1, 0.15) is 39.0 Å². The molecule has 2 N–H and O–H groups in total. The molecule has 5 heteroatoms. The molecule has 0 radical (unpaired) electrons. The van der Waals surface area contributed by atoms with Gasteiger partial charge < -0.3 is 10.6 Å². The first kappa shape index (κ1) is 14.6. The van der Waals surface area contributed by atoms with Crippen LogP contribution in [0.5, 0.6) is 0 Å². The number of piperidine rings is 1. The predicted octanol–water partition coefficient (Wildman–Crippen LogP) is 1.61. The summed E-state index contributed by atoms with van der Waals surface area (Å²) in [6.45, 7) is 5.77. The number of rotatable bonds is 5. The molecule has 5 nitrogen and oxygen atoms in total. The minimum absolute atomic E-state index is 0.0226. The lowest BCUT2D eigenvalue weighted by Gasteiger charge is -2.31. The largest absolute Gasteiger partial charge is 0.370 e. The van der Waals surface area contributed by atoms with Gasteiger partial charge in [0.05, 0.1) is 18.4 Å². The van der Waals surface area contributed by atoms with Gasteiger partial charge in [-0.1, -0.05) is 6.92 Å². The lowest BCUT2D eigenvalue weighted by Crippen LogP contribution is -2.35. The fourth-order valence-electron chi connectivity index (χ4n) is 3.27.